The van der Waals surface area contributed by atoms with Gasteiger partial charge in [0, 0.05) is 31.4 Å². The first-order valence-corrected chi connectivity index (χ1v) is 14.6. The molecule has 1 aliphatic carbocycles. The molecule has 3 aliphatic heterocycles. The molecule has 4 aliphatic rings. The van der Waals surface area contributed by atoms with E-state index in [9.17, 15) is 4.79 Å². The van der Waals surface area contributed by atoms with Gasteiger partial charge < -0.3 is 34.9 Å². The van der Waals surface area contributed by atoms with Crippen LogP contribution in [0.1, 0.15) is 55.3 Å². The van der Waals surface area contributed by atoms with E-state index in [4.69, 9.17) is 26.1 Å². The molecule has 10 nitrogen and oxygen atoms in total. The Kier molecular flexibility index (Phi) is 6.60. The van der Waals surface area contributed by atoms with Crippen molar-refractivity contribution in [2.75, 3.05) is 50.0 Å². The molecule has 2 saturated heterocycles. The molecular formula is C28H34ClN7O3. The van der Waals surface area contributed by atoms with E-state index in [2.05, 4.69) is 25.5 Å². The minimum absolute atomic E-state index is 0.00462. The van der Waals surface area contributed by atoms with Crippen molar-refractivity contribution in [2.24, 2.45) is 0 Å². The van der Waals surface area contributed by atoms with Crippen LogP contribution in [0.3, 0.4) is 0 Å². The Bertz CT molecular complexity index is 1380. The topological polar surface area (TPSA) is 108 Å². The van der Waals surface area contributed by atoms with E-state index in [0.29, 0.717) is 70.5 Å². The summed E-state index contributed by atoms with van der Waals surface area (Å²) in [4.78, 5) is 30.7. The number of rotatable bonds is 6. The molecular weight excluding hydrogens is 518 g/mol. The lowest BCUT2D eigenvalue weighted by Gasteiger charge is -2.40. The minimum atomic E-state index is -0.00462. The fourth-order valence-electron chi connectivity index (χ4n) is 5.99. The summed E-state index contributed by atoms with van der Waals surface area (Å²) >= 11 is 6.40. The van der Waals surface area contributed by atoms with Crippen LogP contribution >= 0.6 is 11.6 Å². The van der Waals surface area contributed by atoms with Crippen LogP contribution in [-0.4, -0.2) is 82.1 Å². The largest absolute Gasteiger partial charge is 0.485 e. The quantitative estimate of drug-likeness (QED) is 0.401. The number of nitrogens with zero attached hydrogens (tertiary/aromatic N) is 4. The molecule has 206 valence electrons. The molecule has 2 aromatic heterocycles. The third-order valence-corrected chi connectivity index (χ3v) is 8.52. The molecule has 0 bridgehead atoms. The average Bonchev–Trinajstić information content (AvgIpc) is 3.72. The molecule has 0 atom stereocenters. The number of H-pyrrole nitrogens is 1. The van der Waals surface area contributed by atoms with Gasteiger partial charge in [0.05, 0.1) is 21.7 Å². The zero-order chi connectivity index (χ0) is 26.3. The summed E-state index contributed by atoms with van der Waals surface area (Å²) in [6.07, 6.45) is 9.90. The first-order valence-electron chi connectivity index (χ1n) is 14.2. The SMILES string of the molecule is O=C(c1ccc(Nc2nc(NC3CC3)c3c(Cl)c[nH]c3n2)c2c1OCCO2)N1CCC(N2CCCCC2)CC1. The van der Waals surface area contributed by atoms with Gasteiger partial charge in [0.25, 0.3) is 5.91 Å². The number of fused-ring (bicyclic) bond motifs is 2. The molecule has 0 radical (unpaired) electrons. The van der Waals surface area contributed by atoms with Crippen molar-refractivity contribution in [3.63, 3.8) is 0 Å². The lowest BCUT2D eigenvalue weighted by Crippen LogP contribution is -2.48. The van der Waals surface area contributed by atoms with Gasteiger partial charge in [-0.05, 0) is 63.7 Å². The van der Waals surface area contributed by atoms with E-state index in [0.717, 1.165) is 44.2 Å². The molecule has 1 aromatic carbocycles. The number of ether oxygens (including phenoxy) is 2. The number of likely N-dealkylation sites (tertiary alicyclic amines) is 2. The Hall–Kier alpha value is -3.24. The van der Waals surface area contributed by atoms with Crippen LogP contribution in [0.4, 0.5) is 17.5 Å². The highest BCUT2D eigenvalue weighted by atomic mass is 35.5. The zero-order valence-electron chi connectivity index (χ0n) is 22.0. The van der Waals surface area contributed by atoms with Gasteiger partial charge in [-0.2, -0.15) is 9.97 Å². The van der Waals surface area contributed by atoms with Gasteiger partial charge in [-0.1, -0.05) is 18.0 Å². The number of halogens is 1. The van der Waals surface area contributed by atoms with Gasteiger partial charge in [-0.3, -0.25) is 4.79 Å². The summed E-state index contributed by atoms with van der Waals surface area (Å²) in [7, 11) is 0. The molecule has 7 rings (SSSR count). The predicted molar refractivity (Wildman–Crippen MR) is 151 cm³/mol. The summed E-state index contributed by atoms with van der Waals surface area (Å²) in [6, 6.07) is 4.66. The Morgan fingerprint density at radius 1 is 0.974 bits per heavy atom. The fourth-order valence-corrected chi connectivity index (χ4v) is 6.22. The van der Waals surface area contributed by atoms with E-state index in [1.165, 1.54) is 32.4 Å². The second-order valence-electron chi connectivity index (χ2n) is 10.9. The maximum Gasteiger partial charge on any atom is 0.257 e. The molecule has 0 spiro atoms. The second kappa shape index (κ2) is 10.4. The van der Waals surface area contributed by atoms with Gasteiger partial charge >= 0.3 is 0 Å². The lowest BCUT2D eigenvalue weighted by atomic mass is 9.99. The average molecular weight is 552 g/mol. The van der Waals surface area contributed by atoms with Crippen LogP contribution in [0, 0.1) is 0 Å². The number of hydrogen-bond donors (Lipinski definition) is 3. The molecule has 11 heteroatoms. The van der Waals surface area contributed by atoms with Crippen LogP contribution < -0.4 is 20.1 Å². The second-order valence-corrected chi connectivity index (χ2v) is 11.3. The van der Waals surface area contributed by atoms with Crippen molar-refractivity contribution in [1.29, 1.82) is 0 Å². The number of carbonyl (C=O) groups excluding carboxylic acids is 1. The number of piperidine rings is 2. The Labute approximate surface area is 232 Å². The summed E-state index contributed by atoms with van der Waals surface area (Å²) in [5.74, 6) is 2.09. The number of nitrogens with one attached hydrogen (secondary N) is 3. The number of aromatic amines is 1. The third-order valence-electron chi connectivity index (χ3n) is 8.23. The van der Waals surface area contributed by atoms with Crippen molar-refractivity contribution in [1.82, 2.24) is 24.8 Å². The summed E-state index contributed by atoms with van der Waals surface area (Å²) < 4.78 is 12.1. The molecule has 3 aromatic rings. The van der Waals surface area contributed by atoms with Gasteiger partial charge in [0.15, 0.2) is 11.5 Å². The van der Waals surface area contributed by atoms with Crippen molar-refractivity contribution in [2.45, 2.75) is 57.0 Å². The molecule has 3 fully saturated rings. The number of anilines is 3. The van der Waals surface area contributed by atoms with Crippen LogP contribution in [0.2, 0.25) is 5.02 Å². The van der Waals surface area contributed by atoms with Gasteiger partial charge in [0.1, 0.15) is 24.7 Å². The summed E-state index contributed by atoms with van der Waals surface area (Å²) in [5, 5.41) is 8.11. The Morgan fingerprint density at radius 2 is 1.74 bits per heavy atom. The normalized spacial score (nSPS) is 20.3. The van der Waals surface area contributed by atoms with E-state index in [1.54, 1.807) is 6.20 Å². The van der Waals surface area contributed by atoms with E-state index < -0.39 is 0 Å². The summed E-state index contributed by atoms with van der Waals surface area (Å²) in [6.45, 7) is 4.71. The van der Waals surface area contributed by atoms with Gasteiger partial charge in [0.2, 0.25) is 5.95 Å². The predicted octanol–water partition coefficient (Wildman–Crippen LogP) is 4.79. The van der Waals surface area contributed by atoms with Crippen LogP contribution in [0.15, 0.2) is 18.3 Å². The smallest absolute Gasteiger partial charge is 0.257 e. The highest BCUT2D eigenvalue weighted by molar-refractivity contribution is 6.36. The molecule has 3 N–H and O–H groups in total. The van der Waals surface area contributed by atoms with Crippen LogP contribution in [0.25, 0.3) is 11.0 Å². The highest BCUT2D eigenvalue weighted by Gasteiger charge is 2.32. The zero-order valence-corrected chi connectivity index (χ0v) is 22.7. The standard InChI is InChI=1S/C28H34ClN7O3/c29-20-16-30-25-22(20)26(31-17-4-5-17)34-28(33-25)32-21-7-6-19(23-24(21)39-15-14-38-23)27(37)36-12-8-18(9-13-36)35-10-2-1-3-11-35/h6-7,16-18H,1-5,8-15H2,(H3,30,31,32,33,34). The number of aromatic nitrogens is 3. The van der Waals surface area contributed by atoms with E-state index in [1.807, 2.05) is 17.0 Å². The molecule has 5 heterocycles. The molecule has 39 heavy (non-hydrogen) atoms. The molecule has 1 saturated carbocycles. The number of carbonyl (C=O) groups is 1. The number of hydrogen-bond acceptors (Lipinski definition) is 8. The highest BCUT2D eigenvalue weighted by Crippen LogP contribution is 2.43. The van der Waals surface area contributed by atoms with E-state index >= 15 is 0 Å². The fraction of sp³-hybridized carbons (Fsp3) is 0.536. The van der Waals surface area contributed by atoms with Crippen LogP contribution in [-0.2, 0) is 0 Å². The maximum absolute atomic E-state index is 13.6. The molecule has 0 unspecified atom stereocenters. The van der Waals surface area contributed by atoms with Crippen molar-refractivity contribution >= 4 is 46.0 Å². The first-order chi connectivity index (χ1) is 19.1. The van der Waals surface area contributed by atoms with Gasteiger partial charge in [-0.15, -0.1) is 0 Å². The van der Waals surface area contributed by atoms with Crippen molar-refractivity contribution < 1.29 is 14.3 Å². The first kappa shape index (κ1) is 24.8. The summed E-state index contributed by atoms with van der Waals surface area (Å²) in [5.41, 5.74) is 1.83. The van der Waals surface area contributed by atoms with Crippen molar-refractivity contribution in [3.05, 3.63) is 28.9 Å². The lowest BCUT2D eigenvalue weighted by molar-refractivity contribution is 0.0582. The van der Waals surface area contributed by atoms with Gasteiger partial charge in [-0.25, -0.2) is 0 Å². The monoisotopic (exact) mass is 551 g/mol. The van der Waals surface area contributed by atoms with Crippen molar-refractivity contribution in [3.8, 4) is 11.5 Å². The maximum atomic E-state index is 13.6. The Balaban J connectivity index is 1.12. The van der Waals surface area contributed by atoms with Crippen LogP contribution in [0.5, 0.6) is 11.5 Å². The minimum Gasteiger partial charge on any atom is -0.485 e. The third kappa shape index (κ3) is 4.96. The number of benzene rings is 1. The van der Waals surface area contributed by atoms with E-state index in [-0.39, 0.29) is 5.91 Å². The number of amides is 1. The Morgan fingerprint density at radius 3 is 2.51 bits per heavy atom. The molecule has 1 amide bonds.